The van der Waals surface area contributed by atoms with Gasteiger partial charge in [0.05, 0.1) is 11.0 Å². The summed E-state index contributed by atoms with van der Waals surface area (Å²) in [5.41, 5.74) is 2.72. The van der Waals surface area contributed by atoms with Gasteiger partial charge in [-0.25, -0.2) is 4.98 Å². The van der Waals surface area contributed by atoms with Gasteiger partial charge in [0.1, 0.15) is 11.5 Å². The van der Waals surface area contributed by atoms with Crippen LogP contribution in [-0.2, 0) is 0 Å². The molecule has 3 heterocycles. The summed E-state index contributed by atoms with van der Waals surface area (Å²) in [6.45, 7) is 5.87. The topological polar surface area (TPSA) is 51.0 Å². The van der Waals surface area contributed by atoms with Crippen LogP contribution in [0.3, 0.4) is 0 Å². The fourth-order valence-corrected chi connectivity index (χ4v) is 3.92. The van der Waals surface area contributed by atoms with E-state index < -0.39 is 0 Å². The summed E-state index contributed by atoms with van der Waals surface area (Å²) in [5, 5.41) is 0. The molecule has 1 atom stereocenters. The first-order chi connectivity index (χ1) is 12.6. The number of pyridine rings is 1. The predicted molar refractivity (Wildman–Crippen MR) is 102 cm³/mol. The molecular weight excluding hydrogens is 324 g/mol. The Kier molecular flexibility index (Phi) is 4.45. The number of hydrogen-bond donors (Lipinski definition) is 0. The zero-order valence-corrected chi connectivity index (χ0v) is 15.3. The molecule has 1 unspecified atom stereocenters. The molecule has 4 rings (SSSR count). The van der Waals surface area contributed by atoms with Crippen LogP contribution in [0.4, 0.5) is 0 Å². The lowest BCUT2D eigenvalue weighted by atomic mass is 9.96. The first-order valence-corrected chi connectivity index (χ1v) is 9.32. The van der Waals surface area contributed by atoms with E-state index in [1.807, 2.05) is 23.1 Å². The van der Waals surface area contributed by atoms with E-state index in [0.717, 1.165) is 30.7 Å². The summed E-state index contributed by atoms with van der Waals surface area (Å²) in [6, 6.07) is 14.1. The summed E-state index contributed by atoms with van der Waals surface area (Å²) in [6.07, 6.45) is 3.72. The minimum Gasteiger partial charge on any atom is -0.337 e. The number of rotatable bonds is 3. The number of nitrogens with zero attached hydrogens (tertiary/aromatic N) is 4. The number of para-hydroxylation sites is 2. The second-order valence-electron chi connectivity index (χ2n) is 7.23. The van der Waals surface area contributed by atoms with E-state index in [9.17, 15) is 4.79 Å². The highest BCUT2D eigenvalue weighted by Gasteiger charge is 2.29. The van der Waals surface area contributed by atoms with Crippen molar-refractivity contribution in [2.24, 2.45) is 0 Å². The van der Waals surface area contributed by atoms with Crippen LogP contribution < -0.4 is 0 Å². The van der Waals surface area contributed by atoms with Gasteiger partial charge in [-0.15, -0.1) is 0 Å². The van der Waals surface area contributed by atoms with Gasteiger partial charge in [-0.1, -0.05) is 18.2 Å². The van der Waals surface area contributed by atoms with Crippen molar-refractivity contribution in [3.8, 4) is 0 Å². The van der Waals surface area contributed by atoms with Gasteiger partial charge < -0.3 is 9.47 Å². The lowest BCUT2D eigenvalue weighted by Gasteiger charge is -2.33. The van der Waals surface area contributed by atoms with Gasteiger partial charge in [-0.2, -0.15) is 0 Å². The third-order valence-electron chi connectivity index (χ3n) is 5.10. The first-order valence-electron chi connectivity index (χ1n) is 9.32. The maximum absolute atomic E-state index is 12.8. The molecule has 1 saturated heterocycles. The molecule has 5 heteroatoms. The monoisotopic (exact) mass is 348 g/mol. The second kappa shape index (κ2) is 6.90. The largest absolute Gasteiger partial charge is 0.337 e. The smallest absolute Gasteiger partial charge is 0.272 e. The Bertz CT molecular complexity index is 916. The first kappa shape index (κ1) is 16.8. The highest BCUT2D eigenvalue weighted by atomic mass is 16.2. The highest BCUT2D eigenvalue weighted by molar-refractivity contribution is 5.92. The van der Waals surface area contributed by atoms with Crippen LogP contribution in [0.2, 0.25) is 0 Å². The van der Waals surface area contributed by atoms with Crippen LogP contribution >= 0.6 is 0 Å². The van der Waals surface area contributed by atoms with Crippen LogP contribution in [-0.4, -0.2) is 38.4 Å². The summed E-state index contributed by atoms with van der Waals surface area (Å²) in [7, 11) is 0. The maximum Gasteiger partial charge on any atom is 0.272 e. The van der Waals surface area contributed by atoms with Gasteiger partial charge in [0.2, 0.25) is 0 Å². The zero-order valence-electron chi connectivity index (χ0n) is 15.3. The van der Waals surface area contributed by atoms with Crippen molar-refractivity contribution in [1.29, 1.82) is 0 Å². The molecule has 0 radical (unpaired) electrons. The molecule has 0 bridgehead atoms. The number of carbonyl (C=O) groups is 1. The SMILES string of the molecule is CC(C)n1c(C2CCCN(C(=O)c3ccccn3)C2)nc2ccccc21. The number of benzene rings is 1. The Balaban J connectivity index is 1.65. The van der Waals surface area contributed by atoms with Crippen molar-refractivity contribution in [3.05, 3.63) is 60.2 Å². The predicted octanol–water partition coefficient (Wildman–Crippen LogP) is 4.03. The van der Waals surface area contributed by atoms with Crippen molar-refractivity contribution in [1.82, 2.24) is 19.4 Å². The molecule has 1 amide bonds. The number of hydrogen-bond acceptors (Lipinski definition) is 3. The lowest BCUT2D eigenvalue weighted by Crippen LogP contribution is -2.40. The minimum atomic E-state index is 0.0162. The highest BCUT2D eigenvalue weighted by Crippen LogP contribution is 2.31. The van der Waals surface area contributed by atoms with Gasteiger partial charge in [-0.3, -0.25) is 9.78 Å². The fourth-order valence-electron chi connectivity index (χ4n) is 3.92. The molecule has 0 N–H and O–H groups in total. The molecule has 26 heavy (non-hydrogen) atoms. The number of likely N-dealkylation sites (tertiary alicyclic amines) is 1. The molecule has 1 fully saturated rings. The number of imidazole rings is 1. The van der Waals surface area contributed by atoms with Gasteiger partial charge in [0.15, 0.2) is 0 Å². The van der Waals surface area contributed by atoms with Crippen molar-refractivity contribution >= 4 is 16.9 Å². The number of aromatic nitrogens is 3. The minimum absolute atomic E-state index is 0.0162. The molecule has 2 aromatic heterocycles. The molecule has 5 nitrogen and oxygen atoms in total. The van der Waals surface area contributed by atoms with E-state index in [1.54, 1.807) is 12.3 Å². The third kappa shape index (κ3) is 2.98. The number of carbonyl (C=O) groups excluding carboxylic acids is 1. The van der Waals surface area contributed by atoms with E-state index >= 15 is 0 Å². The van der Waals surface area contributed by atoms with Crippen molar-refractivity contribution in [2.45, 2.75) is 38.6 Å². The quantitative estimate of drug-likeness (QED) is 0.718. The molecule has 1 aliphatic heterocycles. The van der Waals surface area contributed by atoms with Crippen molar-refractivity contribution in [2.75, 3.05) is 13.1 Å². The third-order valence-corrected chi connectivity index (χ3v) is 5.10. The van der Waals surface area contributed by atoms with Crippen LogP contribution in [0.1, 0.15) is 55.0 Å². The Hall–Kier alpha value is -2.69. The van der Waals surface area contributed by atoms with Gasteiger partial charge in [-0.05, 0) is 51.0 Å². The summed E-state index contributed by atoms with van der Waals surface area (Å²) < 4.78 is 2.33. The molecule has 0 saturated carbocycles. The lowest BCUT2D eigenvalue weighted by molar-refractivity contribution is 0.0697. The van der Waals surface area contributed by atoms with E-state index in [4.69, 9.17) is 4.98 Å². The molecule has 0 aliphatic carbocycles. The van der Waals surface area contributed by atoms with Crippen LogP contribution in [0, 0.1) is 0 Å². The molecule has 0 spiro atoms. The number of piperidine rings is 1. The van der Waals surface area contributed by atoms with Crippen LogP contribution in [0.25, 0.3) is 11.0 Å². The number of amides is 1. The van der Waals surface area contributed by atoms with Crippen molar-refractivity contribution < 1.29 is 4.79 Å². The fraction of sp³-hybridized carbons (Fsp3) is 0.381. The molecular formula is C21H24N4O. The van der Waals surface area contributed by atoms with E-state index in [1.165, 1.54) is 5.52 Å². The van der Waals surface area contributed by atoms with Crippen LogP contribution in [0.5, 0.6) is 0 Å². The Morgan fingerprint density at radius 3 is 2.73 bits per heavy atom. The Morgan fingerprint density at radius 1 is 1.15 bits per heavy atom. The van der Waals surface area contributed by atoms with Crippen molar-refractivity contribution in [3.63, 3.8) is 0 Å². The van der Waals surface area contributed by atoms with E-state index in [2.05, 4.69) is 41.6 Å². The second-order valence-corrected chi connectivity index (χ2v) is 7.23. The van der Waals surface area contributed by atoms with Gasteiger partial charge in [0, 0.05) is 31.2 Å². The number of fused-ring (bicyclic) bond motifs is 1. The van der Waals surface area contributed by atoms with E-state index in [-0.39, 0.29) is 11.8 Å². The maximum atomic E-state index is 12.8. The van der Waals surface area contributed by atoms with E-state index in [0.29, 0.717) is 18.3 Å². The Labute approximate surface area is 153 Å². The average Bonchev–Trinajstić information content (AvgIpc) is 3.08. The van der Waals surface area contributed by atoms with Crippen LogP contribution in [0.15, 0.2) is 48.7 Å². The van der Waals surface area contributed by atoms with Gasteiger partial charge in [0.25, 0.3) is 5.91 Å². The zero-order chi connectivity index (χ0) is 18.1. The molecule has 1 aliphatic rings. The molecule has 134 valence electrons. The normalized spacial score (nSPS) is 17.8. The standard InChI is InChI=1S/C21H24N4O/c1-15(2)25-19-11-4-3-9-17(19)23-20(25)16-8-7-13-24(14-16)21(26)18-10-5-6-12-22-18/h3-6,9-12,15-16H,7-8,13-14H2,1-2H3. The summed E-state index contributed by atoms with van der Waals surface area (Å²) >= 11 is 0. The average molecular weight is 348 g/mol. The Morgan fingerprint density at radius 2 is 1.96 bits per heavy atom. The van der Waals surface area contributed by atoms with Gasteiger partial charge >= 0.3 is 0 Å². The molecule has 3 aromatic rings. The molecule has 1 aromatic carbocycles. The summed E-state index contributed by atoms with van der Waals surface area (Å²) in [4.78, 5) is 23.9. The summed E-state index contributed by atoms with van der Waals surface area (Å²) in [5.74, 6) is 1.37.